The van der Waals surface area contributed by atoms with E-state index in [9.17, 15) is 4.79 Å². The molecule has 1 aliphatic carbocycles. The Kier molecular flexibility index (Phi) is 3.98. The van der Waals surface area contributed by atoms with Gasteiger partial charge in [-0.1, -0.05) is 13.8 Å². The zero-order valence-electron chi connectivity index (χ0n) is 12.7. The molecule has 0 saturated heterocycles. The fourth-order valence-corrected chi connectivity index (χ4v) is 3.06. The molecule has 0 heterocycles. The van der Waals surface area contributed by atoms with Crippen molar-refractivity contribution in [1.29, 1.82) is 0 Å². The summed E-state index contributed by atoms with van der Waals surface area (Å²) in [6.07, 6.45) is 3.35. The molecule has 19 heavy (non-hydrogen) atoms. The molecule has 0 fully saturated rings. The van der Waals surface area contributed by atoms with E-state index in [1.165, 1.54) is 35.6 Å². The van der Waals surface area contributed by atoms with Crippen molar-refractivity contribution >= 4 is 5.97 Å². The number of carbonyl (C=O) groups is 1. The van der Waals surface area contributed by atoms with Gasteiger partial charge in [0, 0.05) is 6.92 Å². The van der Waals surface area contributed by atoms with Crippen LogP contribution in [0.25, 0.3) is 0 Å². The number of esters is 1. The predicted molar refractivity (Wildman–Crippen MR) is 77.6 cm³/mol. The SMILES string of the molecule is CC(=O)Oc1cc(C)c(C)c2c1CCC(C(C)C)C2. The second-order valence-corrected chi connectivity index (χ2v) is 6.11. The lowest BCUT2D eigenvalue weighted by Crippen LogP contribution is -2.21. The lowest BCUT2D eigenvalue weighted by atomic mass is 9.76. The largest absolute Gasteiger partial charge is 0.426 e. The molecular formula is C17H24O2. The van der Waals surface area contributed by atoms with Crippen LogP contribution in [0.1, 0.15) is 49.4 Å². The standard InChI is InChI=1S/C17H24O2/c1-10(2)14-6-7-15-16(9-14)12(4)11(3)8-17(15)19-13(5)18/h8,10,14H,6-7,9H2,1-5H3. The summed E-state index contributed by atoms with van der Waals surface area (Å²) in [6.45, 7) is 10.4. The summed E-state index contributed by atoms with van der Waals surface area (Å²) in [7, 11) is 0. The first-order chi connectivity index (χ1) is 8.90. The molecule has 104 valence electrons. The van der Waals surface area contributed by atoms with Gasteiger partial charge in [0.05, 0.1) is 0 Å². The molecule has 0 radical (unpaired) electrons. The van der Waals surface area contributed by atoms with Gasteiger partial charge < -0.3 is 4.74 Å². The molecule has 2 nitrogen and oxygen atoms in total. The summed E-state index contributed by atoms with van der Waals surface area (Å²) in [5.74, 6) is 2.02. The van der Waals surface area contributed by atoms with E-state index in [0.717, 1.165) is 24.5 Å². The molecule has 1 aromatic rings. The molecule has 2 rings (SSSR count). The van der Waals surface area contributed by atoms with E-state index in [-0.39, 0.29) is 5.97 Å². The summed E-state index contributed by atoms with van der Waals surface area (Å²) in [6, 6.07) is 2.02. The maximum atomic E-state index is 11.2. The Morgan fingerprint density at radius 2 is 2.00 bits per heavy atom. The third-order valence-electron chi connectivity index (χ3n) is 4.48. The summed E-state index contributed by atoms with van der Waals surface area (Å²) in [4.78, 5) is 11.2. The highest BCUT2D eigenvalue weighted by Gasteiger charge is 2.26. The molecule has 0 amide bonds. The first-order valence-electron chi connectivity index (χ1n) is 7.20. The van der Waals surface area contributed by atoms with Gasteiger partial charge in [0.2, 0.25) is 0 Å². The van der Waals surface area contributed by atoms with E-state index >= 15 is 0 Å². The van der Waals surface area contributed by atoms with E-state index in [4.69, 9.17) is 4.74 Å². The molecule has 1 atom stereocenters. The van der Waals surface area contributed by atoms with E-state index < -0.39 is 0 Å². The highest BCUT2D eigenvalue weighted by Crippen LogP contribution is 2.38. The van der Waals surface area contributed by atoms with Crippen LogP contribution >= 0.6 is 0 Å². The van der Waals surface area contributed by atoms with Crippen LogP contribution in [0.15, 0.2) is 6.07 Å². The van der Waals surface area contributed by atoms with E-state index in [2.05, 4.69) is 27.7 Å². The fourth-order valence-electron chi connectivity index (χ4n) is 3.06. The summed E-state index contributed by atoms with van der Waals surface area (Å²) in [5, 5.41) is 0. The molecule has 0 aliphatic heterocycles. The van der Waals surface area contributed by atoms with E-state index in [1.54, 1.807) is 0 Å². The van der Waals surface area contributed by atoms with Gasteiger partial charge in [0.15, 0.2) is 0 Å². The van der Waals surface area contributed by atoms with Crippen molar-refractivity contribution in [3.63, 3.8) is 0 Å². The van der Waals surface area contributed by atoms with Crippen LogP contribution in [0.4, 0.5) is 0 Å². The van der Waals surface area contributed by atoms with Crippen molar-refractivity contribution < 1.29 is 9.53 Å². The number of aryl methyl sites for hydroxylation is 1. The zero-order valence-corrected chi connectivity index (χ0v) is 12.7. The quantitative estimate of drug-likeness (QED) is 0.593. The first-order valence-corrected chi connectivity index (χ1v) is 7.20. The van der Waals surface area contributed by atoms with Crippen LogP contribution in [0.5, 0.6) is 5.75 Å². The molecule has 2 heteroatoms. The second kappa shape index (κ2) is 5.36. The summed E-state index contributed by atoms with van der Waals surface area (Å²) < 4.78 is 5.41. The Labute approximate surface area is 116 Å². The number of benzene rings is 1. The topological polar surface area (TPSA) is 26.3 Å². The second-order valence-electron chi connectivity index (χ2n) is 6.11. The monoisotopic (exact) mass is 260 g/mol. The smallest absolute Gasteiger partial charge is 0.308 e. The van der Waals surface area contributed by atoms with Gasteiger partial charge in [-0.3, -0.25) is 4.79 Å². The lowest BCUT2D eigenvalue weighted by Gasteiger charge is -2.30. The van der Waals surface area contributed by atoms with E-state index in [1.807, 2.05) is 6.07 Å². The van der Waals surface area contributed by atoms with Gasteiger partial charge in [-0.2, -0.15) is 0 Å². The van der Waals surface area contributed by atoms with Crippen molar-refractivity contribution in [3.8, 4) is 5.75 Å². The zero-order chi connectivity index (χ0) is 14.2. The van der Waals surface area contributed by atoms with Crippen molar-refractivity contribution in [3.05, 3.63) is 28.3 Å². The molecule has 1 unspecified atom stereocenters. The number of carbonyl (C=O) groups excluding carboxylic acids is 1. The van der Waals surface area contributed by atoms with Gasteiger partial charge in [0.1, 0.15) is 5.75 Å². The van der Waals surface area contributed by atoms with Gasteiger partial charge in [-0.05, 0) is 73.3 Å². The van der Waals surface area contributed by atoms with E-state index in [0.29, 0.717) is 5.92 Å². The Morgan fingerprint density at radius 1 is 1.32 bits per heavy atom. The molecular weight excluding hydrogens is 236 g/mol. The highest BCUT2D eigenvalue weighted by molar-refractivity contribution is 5.70. The minimum Gasteiger partial charge on any atom is -0.426 e. The third kappa shape index (κ3) is 2.83. The molecule has 1 aromatic carbocycles. The average Bonchev–Trinajstić information content (AvgIpc) is 2.34. The normalized spacial score (nSPS) is 18.3. The average molecular weight is 260 g/mol. The van der Waals surface area contributed by atoms with Gasteiger partial charge in [0.25, 0.3) is 0 Å². The number of fused-ring (bicyclic) bond motifs is 1. The molecule has 0 saturated carbocycles. The Hall–Kier alpha value is -1.31. The Morgan fingerprint density at radius 3 is 2.58 bits per heavy atom. The van der Waals surface area contributed by atoms with Crippen LogP contribution in [-0.2, 0) is 17.6 Å². The maximum absolute atomic E-state index is 11.2. The van der Waals surface area contributed by atoms with Crippen molar-refractivity contribution in [2.75, 3.05) is 0 Å². The molecule has 0 spiro atoms. The van der Waals surface area contributed by atoms with Gasteiger partial charge in [-0.15, -0.1) is 0 Å². The van der Waals surface area contributed by atoms with Crippen molar-refractivity contribution in [1.82, 2.24) is 0 Å². The number of ether oxygens (including phenoxy) is 1. The Bertz CT molecular complexity index is 500. The third-order valence-corrected chi connectivity index (χ3v) is 4.48. The minimum absolute atomic E-state index is 0.226. The maximum Gasteiger partial charge on any atom is 0.308 e. The molecule has 0 N–H and O–H groups in total. The Balaban J connectivity index is 2.45. The number of rotatable bonds is 2. The summed E-state index contributed by atoms with van der Waals surface area (Å²) >= 11 is 0. The first kappa shape index (κ1) is 14.1. The van der Waals surface area contributed by atoms with Crippen LogP contribution in [0.2, 0.25) is 0 Å². The number of hydrogen-bond donors (Lipinski definition) is 0. The van der Waals surface area contributed by atoms with Gasteiger partial charge >= 0.3 is 5.97 Å². The van der Waals surface area contributed by atoms with Crippen LogP contribution < -0.4 is 4.74 Å². The van der Waals surface area contributed by atoms with Crippen LogP contribution in [-0.4, -0.2) is 5.97 Å². The number of hydrogen-bond acceptors (Lipinski definition) is 2. The van der Waals surface area contributed by atoms with Crippen LogP contribution in [0, 0.1) is 25.7 Å². The van der Waals surface area contributed by atoms with Crippen molar-refractivity contribution in [2.45, 2.75) is 53.9 Å². The minimum atomic E-state index is -0.226. The molecule has 0 aromatic heterocycles. The van der Waals surface area contributed by atoms with Gasteiger partial charge in [-0.25, -0.2) is 0 Å². The highest BCUT2D eigenvalue weighted by atomic mass is 16.5. The molecule has 1 aliphatic rings. The van der Waals surface area contributed by atoms with Crippen LogP contribution in [0.3, 0.4) is 0 Å². The lowest BCUT2D eigenvalue weighted by molar-refractivity contribution is -0.131. The molecule has 0 bridgehead atoms. The fraction of sp³-hybridized carbons (Fsp3) is 0.588. The van der Waals surface area contributed by atoms with Crippen molar-refractivity contribution in [2.24, 2.45) is 11.8 Å². The predicted octanol–water partition coefficient (Wildman–Crippen LogP) is 3.99. The summed E-state index contributed by atoms with van der Waals surface area (Å²) in [5.41, 5.74) is 5.27.